The summed E-state index contributed by atoms with van der Waals surface area (Å²) < 4.78 is 23.3. The summed E-state index contributed by atoms with van der Waals surface area (Å²) in [6, 6.07) is 10.7. The smallest absolute Gasteiger partial charge is 0.251 e. The molecule has 0 spiro atoms. The van der Waals surface area contributed by atoms with E-state index >= 15 is 0 Å². The van der Waals surface area contributed by atoms with Crippen molar-refractivity contribution in [3.8, 4) is 11.5 Å². The highest BCUT2D eigenvalue weighted by Gasteiger charge is 2.06. The molecule has 4 nitrogen and oxygen atoms in total. The quantitative estimate of drug-likeness (QED) is 0.830. The number of hydrogen-bond acceptors (Lipinski definition) is 3. The first-order chi connectivity index (χ1) is 10.6. The van der Waals surface area contributed by atoms with Crippen LogP contribution in [0.25, 0.3) is 0 Å². The zero-order valence-electron chi connectivity index (χ0n) is 11.9. The van der Waals surface area contributed by atoms with Gasteiger partial charge in [0.1, 0.15) is 23.9 Å². The third kappa shape index (κ3) is 4.36. The van der Waals surface area contributed by atoms with Crippen LogP contribution in [0.1, 0.15) is 10.4 Å². The van der Waals surface area contributed by atoms with Gasteiger partial charge in [-0.15, -0.1) is 0 Å². The lowest BCUT2D eigenvalue weighted by Crippen LogP contribution is -2.28. The van der Waals surface area contributed by atoms with Gasteiger partial charge in [0, 0.05) is 5.56 Å². The molecule has 0 unspecified atom stereocenters. The standard InChI is InChI=1S/C16H15ClFNO3/c1-21-13-5-2-11(3-6-13)16(20)19-8-9-22-15-7-4-12(18)10-14(15)17/h2-7,10H,8-9H2,1H3,(H,19,20). The summed E-state index contributed by atoms with van der Waals surface area (Å²) in [5.74, 6) is 0.425. The van der Waals surface area contributed by atoms with E-state index in [2.05, 4.69) is 5.32 Å². The Balaban J connectivity index is 1.79. The minimum Gasteiger partial charge on any atom is -0.497 e. The molecule has 6 heteroatoms. The minimum atomic E-state index is -0.426. The second-order valence-corrected chi connectivity index (χ2v) is 4.81. The molecule has 0 atom stereocenters. The van der Waals surface area contributed by atoms with E-state index in [0.29, 0.717) is 23.6 Å². The van der Waals surface area contributed by atoms with Crippen molar-refractivity contribution in [3.63, 3.8) is 0 Å². The van der Waals surface area contributed by atoms with E-state index in [1.807, 2.05) is 0 Å². The fourth-order valence-corrected chi connectivity index (χ4v) is 1.98. The molecule has 0 saturated carbocycles. The van der Waals surface area contributed by atoms with Gasteiger partial charge in [-0.2, -0.15) is 0 Å². The van der Waals surface area contributed by atoms with E-state index < -0.39 is 5.82 Å². The lowest BCUT2D eigenvalue weighted by molar-refractivity contribution is 0.0947. The van der Waals surface area contributed by atoms with Gasteiger partial charge in [0.2, 0.25) is 0 Å². The molecule has 0 aliphatic rings. The van der Waals surface area contributed by atoms with Crippen molar-refractivity contribution in [2.45, 2.75) is 0 Å². The summed E-state index contributed by atoms with van der Waals surface area (Å²) >= 11 is 5.83. The van der Waals surface area contributed by atoms with Gasteiger partial charge in [0.15, 0.2) is 0 Å². The average Bonchev–Trinajstić information content (AvgIpc) is 2.53. The molecule has 0 bridgehead atoms. The number of ether oxygens (including phenoxy) is 2. The molecule has 1 N–H and O–H groups in total. The summed E-state index contributed by atoms with van der Waals surface area (Å²) in [4.78, 5) is 11.9. The van der Waals surface area contributed by atoms with Crippen LogP contribution in [-0.2, 0) is 0 Å². The topological polar surface area (TPSA) is 47.6 Å². The first-order valence-electron chi connectivity index (χ1n) is 6.60. The summed E-state index contributed by atoms with van der Waals surface area (Å²) in [5, 5.41) is 2.91. The van der Waals surface area contributed by atoms with E-state index in [4.69, 9.17) is 21.1 Å². The molecule has 116 valence electrons. The second kappa shape index (κ2) is 7.66. The van der Waals surface area contributed by atoms with Crippen LogP contribution < -0.4 is 14.8 Å². The molecule has 0 saturated heterocycles. The first kappa shape index (κ1) is 16.1. The van der Waals surface area contributed by atoms with Crippen LogP contribution in [0.15, 0.2) is 42.5 Å². The number of rotatable bonds is 6. The highest BCUT2D eigenvalue weighted by molar-refractivity contribution is 6.32. The molecule has 0 aromatic heterocycles. The highest BCUT2D eigenvalue weighted by Crippen LogP contribution is 2.24. The molecule has 1 amide bonds. The van der Waals surface area contributed by atoms with Crippen molar-refractivity contribution in [1.29, 1.82) is 0 Å². The van der Waals surface area contributed by atoms with Gasteiger partial charge in [-0.1, -0.05) is 11.6 Å². The van der Waals surface area contributed by atoms with Gasteiger partial charge < -0.3 is 14.8 Å². The van der Waals surface area contributed by atoms with Crippen molar-refractivity contribution in [3.05, 3.63) is 58.9 Å². The number of hydrogen-bond donors (Lipinski definition) is 1. The normalized spacial score (nSPS) is 10.1. The third-order valence-electron chi connectivity index (χ3n) is 2.89. The largest absolute Gasteiger partial charge is 0.497 e. The highest BCUT2D eigenvalue weighted by atomic mass is 35.5. The summed E-state index contributed by atoms with van der Waals surface area (Å²) in [7, 11) is 1.56. The Morgan fingerprint density at radius 2 is 1.95 bits per heavy atom. The van der Waals surface area contributed by atoms with Crippen molar-refractivity contribution in [1.82, 2.24) is 5.32 Å². The number of methoxy groups -OCH3 is 1. The summed E-state index contributed by atoms with van der Waals surface area (Å²) in [6.45, 7) is 0.534. The first-order valence-corrected chi connectivity index (χ1v) is 6.98. The second-order valence-electron chi connectivity index (χ2n) is 4.41. The van der Waals surface area contributed by atoms with E-state index in [1.165, 1.54) is 18.2 Å². The average molecular weight is 324 g/mol. The number of carbonyl (C=O) groups excluding carboxylic acids is 1. The van der Waals surface area contributed by atoms with Crippen molar-refractivity contribution >= 4 is 17.5 Å². The van der Waals surface area contributed by atoms with Crippen LogP contribution >= 0.6 is 11.6 Å². The Labute approximate surface area is 132 Å². The Kier molecular flexibility index (Phi) is 5.61. The summed E-state index contributed by atoms with van der Waals surface area (Å²) in [5.41, 5.74) is 0.528. The molecular weight excluding hydrogens is 309 g/mol. The molecule has 0 radical (unpaired) electrons. The minimum absolute atomic E-state index is 0.196. The number of benzene rings is 2. The van der Waals surface area contributed by atoms with Gasteiger partial charge in [-0.05, 0) is 42.5 Å². The Morgan fingerprint density at radius 3 is 2.59 bits per heavy atom. The molecule has 22 heavy (non-hydrogen) atoms. The maximum Gasteiger partial charge on any atom is 0.251 e. The molecule has 0 aliphatic heterocycles. The van der Waals surface area contributed by atoms with Crippen LogP contribution in [0, 0.1) is 5.82 Å². The van der Waals surface area contributed by atoms with Crippen molar-refractivity contribution in [2.24, 2.45) is 0 Å². The van der Waals surface area contributed by atoms with E-state index in [1.54, 1.807) is 31.4 Å². The molecule has 0 aliphatic carbocycles. The van der Waals surface area contributed by atoms with Crippen LogP contribution in [0.5, 0.6) is 11.5 Å². The molecule has 2 aromatic carbocycles. The van der Waals surface area contributed by atoms with Crippen LogP contribution in [0.3, 0.4) is 0 Å². The van der Waals surface area contributed by atoms with Crippen molar-refractivity contribution in [2.75, 3.05) is 20.3 Å². The molecule has 0 heterocycles. The van der Waals surface area contributed by atoms with Crippen molar-refractivity contribution < 1.29 is 18.7 Å². The van der Waals surface area contributed by atoms with Gasteiger partial charge in [-0.25, -0.2) is 4.39 Å². The zero-order chi connectivity index (χ0) is 15.9. The maximum absolute atomic E-state index is 12.9. The van der Waals surface area contributed by atoms with E-state index in [-0.39, 0.29) is 17.5 Å². The predicted octanol–water partition coefficient (Wildman–Crippen LogP) is 3.30. The monoisotopic (exact) mass is 323 g/mol. The zero-order valence-corrected chi connectivity index (χ0v) is 12.7. The third-order valence-corrected chi connectivity index (χ3v) is 3.19. The van der Waals surface area contributed by atoms with E-state index in [0.717, 1.165) is 0 Å². The lowest BCUT2D eigenvalue weighted by atomic mass is 10.2. The Morgan fingerprint density at radius 1 is 1.23 bits per heavy atom. The van der Waals surface area contributed by atoms with Gasteiger partial charge >= 0.3 is 0 Å². The SMILES string of the molecule is COc1ccc(C(=O)NCCOc2ccc(F)cc2Cl)cc1. The molecule has 2 rings (SSSR count). The van der Waals surface area contributed by atoms with Gasteiger partial charge in [-0.3, -0.25) is 4.79 Å². The van der Waals surface area contributed by atoms with Crippen LogP contribution in [-0.4, -0.2) is 26.2 Å². The summed E-state index contributed by atoms with van der Waals surface area (Å²) in [6.07, 6.45) is 0. The molecular formula is C16H15ClFNO3. The molecule has 0 fully saturated rings. The number of amides is 1. The maximum atomic E-state index is 12.9. The van der Waals surface area contributed by atoms with Crippen LogP contribution in [0.4, 0.5) is 4.39 Å². The molecule has 2 aromatic rings. The fourth-order valence-electron chi connectivity index (χ4n) is 1.76. The van der Waals surface area contributed by atoms with Crippen LogP contribution in [0.2, 0.25) is 5.02 Å². The fraction of sp³-hybridized carbons (Fsp3) is 0.188. The number of halogens is 2. The van der Waals surface area contributed by atoms with Gasteiger partial charge in [0.05, 0.1) is 18.7 Å². The predicted molar refractivity (Wildman–Crippen MR) is 82.2 cm³/mol. The Hall–Kier alpha value is -2.27. The number of nitrogens with one attached hydrogen (secondary N) is 1. The number of carbonyl (C=O) groups is 1. The lowest BCUT2D eigenvalue weighted by Gasteiger charge is -2.09. The van der Waals surface area contributed by atoms with E-state index in [9.17, 15) is 9.18 Å². The Bertz CT molecular complexity index is 646. The van der Waals surface area contributed by atoms with Gasteiger partial charge in [0.25, 0.3) is 5.91 Å².